The predicted molar refractivity (Wildman–Crippen MR) is 102 cm³/mol. The molecule has 1 aromatic heterocycles. The lowest BCUT2D eigenvalue weighted by Gasteiger charge is -2.34. The molecule has 1 saturated carbocycles. The summed E-state index contributed by atoms with van der Waals surface area (Å²) in [5.74, 6) is 1.49. The first-order valence-corrected chi connectivity index (χ1v) is 10.0. The number of nitrogens with zero attached hydrogens (tertiary/aromatic N) is 3. The third kappa shape index (κ3) is 3.58. The van der Waals surface area contributed by atoms with Crippen LogP contribution in [0.2, 0.25) is 0 Å². The third-order valence-electron chi connectivity index (χ3n) is 6.06. The lowest BCUT2D eigenvalue weighted by Crippen LogP contribution is -2.38. The maximum Gasteiger partial charge on any atom is 0.132 e. The Kier molecular flexibility index (Phi) is 5.14. The van der Waals surface area contributed by atoms with Gasteiger partial charge < -0.3 is 15.4 Å². The monoisotopic (exact) mass is 360 g/mol. The Labute approximate surface area is 156 Å². The van der Waals surface area contributed by atoms with Crippen molar-refractivity contribution in [3.8, 4) is 0 Å². The Morgan fingerprint density at radius 2 is 2.08 bits per heavy atom. The lowest BCUT2D eigenvalue weighted by molar-refractivity contribution is -0.0276. The molecule has 4 unspecified atom stereocenters. The second-order valence-electron chi connectivity index (χ2n) is 8.45. The number of hydrazine groups is 1. The van der Waals surface area contributed by atoms with Gasteiger partial charge in [-0.15, -0.1) is 0 Å². The molecule has 26 heavy (non-hydrogen) atoms. The normalized spacial score (nSPS) is 37.3. The summed E-state index contributed by atoms with van der Waals surface area (Å²) in [7, 11) is 0. The highest BCUT2D eigenvalue weighted by atomic mass is 16.5. The second kappa shape index (κ2) is 7.38. The minimum atomic E-state index is 0.201. The number of hydrogen-bond donors (Lipinski definition) is 3. The molecule has 1 aromatic rings. The molecule has 0 spiro atoms. The summed E-state index contributed by atoms with van der Waals surface area (Å²) >= 11 is 0. The molecule has 4 N–H and O–H groups in total. The van der Waals surface area contributed by atoms with Crippen LogP contribution in [-0.4, -0.2) is 46.8 Å². The van der Waals surface area contributed by atoms with Gasteiger partial charge in [0.1, 0.15) is 12.1 Å². The number of fused-ring (bicyclic) bond motifs is 1. The van der Waals surface area contributed by atoms with Gasteiger partial charge in [0.2, 0.25) is 0 Å². The largest absolute Gasteiger partial charge is 0.376 e. The average Bonchev–Trinajstić information content (AvgIpc) is 3.17. The van der Waals surface area contributed by atoms with E-state index < -0.39 is 0 Å². The first kappa shape index (κ1) is 18.1. The molecular weight excluding hydrogens is 328 g/mol. The van der Waals surface area contributed by atoms with Crippen LogP contribution in [0.25, 0.3) is 0 Å². The molecule has 2 aliphatic heterocycles. The summed E-state index contributed by atoms with van der Waals surface area (Å²) in [6.45, 7) is 7.32. The molecular formula is C19H32N6O. The molecule has 3 fully saturated rings. The fourth-order valence-electron chi connectivity index (χ4n) is 4.90. The minimum Gasteiger partial charge on any atom is -0.376 e. The zero-order valence-electron chi connectivity index (χ0n) is 16.1. The lowest BCUT2D eigenvalue weighted by atomic mass is 9.79. The molecule has 144 valence electrons. The number of nitrogens with two attached hydrogens (primary N) is 1. The van der Waals surface area contributed by atoms with E-state index in [0.717, 1.165) is 43.7 Å². The zero-order valence-corrected chi connectivity index (χ0v) is 16.1. The topological polar surface area (TPSA) is 88.3 Å². The van der Waals surface area contributed by atoms with Crippen molar-refractivity contribution >= 4 is 5.82 Å². The van der Waals surface area contributed by atoms with E-state index >= 15 is 0 Å². The van der Waals surface area contributed by atoms with Crippen LogP contribution < -0.4 is 21.5 Å². The van der Waals surface area contributed by atoms with Crippen molar-refractivity contribution < 1.29 is 4.74 Å². The van der Waals surface area contributed by atoms with Gasteiger partial charge in [-0.1, -0.05) is 0 Å². The number of anilines is 1. The Morgan fingerprint density at radius 1 is 1.23 bits per heavy atom. The van der Waals surface area contributed by atoms with Crippen LogP contribution in [0.1, 0.15) is 58.2 Å². The van der Waals surface area contributed by atoms with E-state index in [-0.39, 0.29) is 18.2 Å². The quantitative estimate of drug-likeness (QED) is 0.750. The molecule has 0 aromatic carbocycles. The number of nitrogens with one attached hydrogen (secondary N) is 2. The molecule has 0 radical (unpaired) electrons. The summed E-state index contributed by atoms with van der Waals surface area (Å²) in [6, 6.07) is 3.49. The van der Waals surface area contributed by atoms with Crippen molar-refractivity contribution in [2.75, 3.05) is 11.4 Å². The van der Waals surface area contributed by atoms with Crippen molar-refractivity contribution in [3.05, 3.63) is 18.1 Å². The molecule has 7 nitrogen and oxygen atoms in total. The van der Waals surface area contributed by atoms with E-state index in [9.17, 15) is 0 Å². The van der Waals surface area contributed by atoms with Crippen LogP contribution >= 0.6 is 0 Å². The first-order valence-electron chi connectivity index (χ1n) is 10.0. The molecule has 0 amide bonds. The van der Waals surface area contributed by atoms with Crippen LogP contribution in [-0.2, 0) is 4.74 Å². The SMILES string of the molecule is CC(C)OC1CCC2NNC(c3cc(N4C[C@H](N)C[C@@H]4C)ncn3)C2C1. The molecule has 0 bridgehead atoms. The maximum absolute atomic E-state index is 6.13. The Morgan fingerprint density at radius 3 is 2.81 bits per heavy atom. The molecule has 7 heteroatoms. The van der Waals surface area contributed by atoms with E-state index in [0.29, 0.717) is 24.1 Å². The molecule has 4 rings (SSSR count). The zero-order chi connectivity index (χ0) is 18.3. The van der Waals surface area contributed by atoms with Gasteiger partial charge >= 0.3 is 0 Å². The van der Waals surface area contributed by atoms with Crippen molar-refractivity contribution in [2.45, 2.75) is 82.8 Å². The molecule has 2 saturated heterocycles. The fourth-order valence-corrected chi connectivity index (χ4v) is 4.90. The maximum atomic E-state index is 6.13. The highest BCUT2D eigenvalue weighted by Crippen LogP contribution is 2.39. The van der Waals surface area contributed by atoms with Crippen molar-refractivity contribution in [3.63, 3.8) is 0 Å². The summed E-state index contributed by atoms with van der Waals surface area (Å²) in [6.07, 6.45) is 6.67. The van der Waals surface area contributed by atoms with Gasteiger partial charge in [-0.25, -0.2) is 15.4 Å². The van der Waals surface area contributed by atoms with Gasteiger partial charge in [0.15, 0.2) is 0 Å². The summed E-state index contributed by atoms with van der Waals surface area (Å²) in [5, 5.41) is 0. The van der Waals surface area contributed by atoms with Gasteiger partial charge in [-0.2, -0.15) is 0 Å². The van der Waals surface area contributed by atoms with Crippen LogP contribution in [0.15, 0.2) is 12.4 Å². The first-order chi connectivity index (χ1) is 12.5. The van der Waals surface area contributed by atoms with Crippen LogP contribution in [0.3, 0.4) is 0 Å². The van der Waals surface area contributed by atoms with Gasteiger partial charge in [0.05, 0.1) is 23.9 Å². The Hall–Kier alpha value is -1.28. The van der Waals surface area contributed by atoms with E-state index in [1.807, 2.05) is 0 Å². The van der Waals surface area contributed by atoms with Gasteiger partial charge in [0.25, 0.3) is 0 Å². The number of aromatic nitrogens is 2. The van der Waals surface area contributed by atoms with E-state index in [1.165, 1.54) is 0 Å². The average molecular weight is 361 g/mol. The van der Waals surface area contributed by atoms with E-state index in [1.54, 1.807) is 6.33 Å². The van der Waals surface area contributed by atoms with E-state index in [4.69, 9.17) is 10.5 Å². The third-order valence-corrected chi connectivity index (χ3v) is 6.06. The van der Waals surface area contributed by atoms with Crippen LogP contribution in [0, 0.1) is 5.92 Å². The van der Waals surface area contributed by atoms with Crippen molar-refractivity contribution in [2.24, 2.45) is 11.7 Å². The van der Waals surface area contributed by atoms with Gasteiger partial charge in [-0.05, 0) is 46.5 Å². The molecule has 3 aliphatic rings. The van der Waals surface area contributed by atoms with Crippen LogP contribution in [0.5, 0.6) is 0 Å². The fraction of sp³-hybridized carbons (Fsp3) is 0.789. The van der Waals surface area contributed by atoms with Gasteiger partial charge in [0, 0.05) is 36.7 Å². The summed E-state index contributed by atoms with van der Waals surface area (Å²) < 4.78 is 6.10. The smallest absolute Gasteiger partial charge is 0.132 e. The Balaban J connectivity index is 1.51. The Bertz CT molecular complexity index is 626. The summed E-state index contributed by atoms with van der Waals surface area (Å²) in [4.78, 5) is 11.4. The highest BCUT2D eigenvalue weighted by Gasteiger charge is 2.42. The second-order valence-corrected chi connectivity index (χ2v) is 8.45. The number of ether oxygens (including phenoxy) is 1. The van der Waals surface area contributed by atoms with Gasteiger partial charge in [-0.3, -0.25) is 5.43 Å². The molecule has 1 aliphatic carbocycles. The number of hydrogen-bond acceptors (Lipinski definition) is 7. The minimum absolute atomic E-state index is 0.201. The van der Waals surface area contributed by atoms with Crippen LogP contribution in [0.4, 0.5) is 5.82 Å². The van der Waals surface area contributed by atoms with Crippen molar-refractivity contribution in [1.29, 1.82) is 0 Å². The molecule has 3 heterocycles. The number of rotatable bonds is 4. The molecule has 6 atom stereocenters. The van der Waals surface area contributed by atoms with E-state index in [2.05, 4.69) is 52.6 Å². The predicted octanol–water partition coefficient (Wildman–Crippen LogP) is 1.51. The van der Waals surface area contributed by atoms with Crippen molar-refractivity contribution in [1.82, 2.24) is 20.8 Å². The summed E-state index contributed by atoms with van der Waals surface area (Å²) in [5.41, 5.74) is 14.2. The standard InChI is InChI=1S/C19H32N6O/c1-11(2)26-14-4-5-16-15(7-14)19(24-23-16)17-8-18(22-10-21-17)25-9-13(20)6-12(25)3/h8,10-16,19,23-24H,4-7,9,20H2,1-3H3/t12-,13+,14?,15?,16?,19?/m0/s1. The highest BCUT2D eigenvalue weighted by molar-refractivity contribution is 5.43.